The number of rotatable bonds is 4. The molecule has 0 bridgehead atoms. The van der Waals surface area contributed by atoms with Crippen molar-refractivity contribution in [3.63, 3.8) is 0 Å². The van der Waals surface area contributed by atoms with Crippen LogP contribution in [0.15, 0.2) is 48.7 Å². The fourth-order valence-corrected chi connectivity index (χ4v) is 4.78. The van der Waals surface area contributed by atoms with Gasteiger partial charge in [-0.2, -0.15) is 0 Å². The average molecular weight is 366 g/mol. The highest BCUT2D eigenvalue weighted by atomic mass is 16.6. The minimum Gasteiger partial charge on any atom is -0.438 e. The van der Waals surface area contributed by atoms with Gasteiger partial charge < -0.3 is 9.30 Å². The van der Waals surface area contributed by atoms with Gasteiger partial charge in [0, 0.05) is 64.8 Å². The standard InChI is InChI=1S/C21H26N4O2/c1-22-9-5-8-18(22)13-24-15-21(16-24)19-14-23(10-11-25(19)20(26)27-21)12-17-6-3-2-4-7-17/h2-9,19H,10-16H2,1H3. The summed E-state index contributed by atoms with van der Waals surface area (Å²) in [4.78, 5) is 19.2. The number of ether oxygens (including phenoxy) is 1. The Morgan fingerprint density at radius 3 is 2.59 bits per heavy atom. The minimum atomic E-state index is -0.336. The summed E-state index contributed by atoms with van der Waals surface area (Å²) in [5.74, 6) is 0. The van der Waals surface area contributed by atoms with Gasteiger partial charge in [-0.05, 0) is 17.7 Å². The summed E-state index contributed by atoms with van der Waals surface area (Å²) >= 11 is 0. The molecule has 3 saturated heterocycles. The van der Waals surface area contributed by atoms with Crippen molar-refractivity contribution in [3.8, 4) is 0 Å². The van der Waals surface area contributed by atoms with Crippen LogP contribution in [0.25, 0.3) is 0 Å². The van der Waals surface area contributed by atoms with Crippen molar-refractivity contribution >= 4 is 6.09 Å². The molecule has 1 aromatic carbocycles. The fraction of sp³-hybridized carbons (Fsp3) is 0.476. The van der Waals surface area contributed by atoms with Crippen LogP contribution in [0, 0.1) is 0 Å². The number of carbonyl (C=O) groups is 1. The number of aryl methyl sites for hydroxylation is 1. The van der Waals surface area contributed by atoms with Crippen molar-refractivity contribution in [1.29, 1.82) is 0 Å². The topological polar surface area (TPSA) is 41.0 Å². The highest BCUT2D eigenvalue weighted by molar-refractivity contribution is 5.72. The lowest BCUT2D eigenvalue weighted by molar-refractivity contribution is -0.107. The Hall–Kier alpha value is -2.31. The molecule has 1 aromatic heterocycles. The maximum atomic E-state index is 12.4. The summed E-state index contributed by atoms with van der Waals surface area (Å²) in [6.07, 6.45) is 1.95. The van der Waals surface area contributed by atoms with Crippen LogP contribution in [-0.4, -0.2) is 69.7 Å². The zero-order chi connectivity index (χ0) is 18.4. The van der Waals surface area contributed by atoms with E-state index in [1.54, 1.807) is 0 Å². The van der Waals surface area contributed by atoms with Gasteiger partial charge in [0.25, 0.3) is 0 Å². The summed E-state index contributed by atoms with van der Waals surface area (Å²) in [6, 6.07) is 14.9. The first kappa shape index (κ1) is 16.8. The summed E-state index contributed by atoms with van der Waals surface area (Å²) < 4.78 is 8.07. The lowest BCUT2D eigenvalue weighted by Crippen LogP contribution is -2.70. The largest absolute Gasteiger partial charge is 0.438 e. The molecule has 0 radical (unpaired) electrons. The number of nitrogens with zero attached hydrogens (tertiary/aromatic N) is 4. The van der Waals surface area contributed by atoms with Crippen molar-refractivity contribution in [1.82, 2.24) is 19.3 Å². The molecule has 1 unspecified atom stereocenters. The van der Waals surface area contributed by atoms with Gasteiger partial charge in [-0.15, -0.1) is 0 Å². The second-order valence-electron chi connectivity index (χ2n) is 8.12. The molecule has 1 amide bonds. The van der Waals surface area contributed by atoms with Crippen LogP contribution >= 0.6 is 0 Å². The Balaban J connectivity index is 1.26. The van der Waals surface area contributed by atoms with Crippen molar-refractivity contribution in [3.05, 3.63) is 59.9 Å². The molecule has 4 heterocycles. The van der Waals surface area contributed by atoms with Gasteiger partial charge in [-0.1, -0.05) is 30.3 Å². The Morgan fingerprint density at radius 1 is 1.04 bits per heavy atom. The van der Waals surface area contributed by atoms with Gasteiger partial charge in [0.2, 0.25) is 0 Å². The molecule has 3 aliphatic heterocycles. The van der Waals surface area contributed by atoms with E-state index in [2.05, 4.69) is 70.1 Å². The van der Waals surface area contributed by atoms with Crippen molar-refractivity contribution in [2.45, 2.75) is 24.7 Å². The number of benzene rings is 1. The first-order valence-electron chi connectivity index (χ1n) is 9.71. The third kappa shape index (κ3) is 2.93. The van der Waals surface area contributed by atoms with Crippen LogP contribution < -0.4 is 0 Å². The van der Waals surface area contributed by atoms with E-state index >= 15 is 0 Å². The van der Waals surface area contributed by atoms with E-state index in [0.717, 1.165) is 45.8 Å². The Bertz CT molecular complexity index is 828. The maximum absolute atomic E-state index is 12.4. The molecule has 27 heavy (non-hydrogen) atoms. The van der Waals surface area contributed by atoms with Gasteiger partial charge in [-0.3, -0.25) is 14.7 Å². The van der Waals surface area contributed by atoms with Crippen LogP contribution in [0.4, 0.5) is 4.79 Å². The van der Waals surface area contributed by atoms with Crippen LogP contribution in [0.2, 0.25) is 0 Å². The molecule has 142 valence electrons. The molecule has 5 rings (SSSR count). The van der Waals surface area contributed by atoms with E-state index in [9.17, 15) is 4.79 Å². The number of carbonyl (C=O) groups excluding carboxylic acids is 1. The van der Waals surface area contributed by atoms with Crippen molar-refractivity contribution < 1.29 is 9.53 Å². The van der Waals surface area contributed by atoms with Crippen LogP contribution in [0.1, 0.15) is 11.3 Å². The molecule has 2 aromatic rings. The summed E-state index contributed by atoms with van der Waals surface area (Å²) in [5, 5.41) is 0. The molecular weight excluding hydrogens is 340 g/mol. The molecule has 1 spiro atoms. The van der Waals surface area contributed by atoms with Crippen LogP contribution in [0.5, 0.6) is 0 Å². The monoisotopic (exact) mass is 366 g/mol. The number of aromatic nitrogens is 1. The molecule has 1 atom stereocenters. The fourth-order valence-electron chi connectivity index (χ4n) is 4.78. The first-order valence-corrected chi connectivity index (χ1v) is 9.71. The Kier molecular flexibility index (Phi) is 3.98. The Labute approximate surface area is 159 Å². The third-order valence-corrected chi connectivity index (χ3v) is 6.27. The molecule has 0 N–H and O–H groups in total. The number of hydrogen-bond donors (Lipinski definition) is 0. The van der Waals surface area contributed by atoms with Gasteiger partial charge in [0.1, 0.15) is 0 Å². The van der Waals surface area contributed by atoms with Crippen LogP contribution in [0.3, 0.4) is 0 Å². The summed E-state index contributed by atoms with van der Waals surface area (Å²) in [5.41, 5.74) is 2.28. The smallest absolute Gasteiger partial charge is 0.410 e. The third-order valence-electron chi connectivity index (χ3n) is 6.27. The van der Waals surface area contributed by atoms with E-state index in [1.807, 2.05) is 4.90 Å². The predicted octanol–water partition coefficient (Wildman–Crippen LogP) is 1.92. The normalized spacial score (nSPS) is 24.7. The Morgan fingerprint density at radius 2 is 1.85 bits per heavy atom. The molecule has 6 nitrogen and oxygen atoms in total. The number of piperazine rings is 1. The first-order chi connectivity index (χ1) is 13.1. The number of amides is 1. The van der Waals surface area contributed by atoms with Crippen LogP contribution in [-0.2, 0) is 24.9 Å². The zero-order valence-electron chi connectivity index (χ0n) is 15.8. The van der Waals surface area contributed by atoms with E-state index in [1.165, 1.54) is 11.3 Å². The zero-order valence-corrected chi connectivity index (χ0v) is 15.8. The maximum Gasteiger partial charge on any atom is 0.410 e. The van der Waals surface area contributed by atoms with Crippen molar-refractivity contribution in [2.75, 3.05) is 32.7 Å². The number of fused-ring (bicyclic) bond motifs is 2. The summed E-state index contributed by atoms with van der Waals surface area (Å²) in [6.45, 7) is 6.04. The molecule has 3 aliphatic rings. The van der Waals surface area contributed by atoms with E-state index in [4.69, 9.17) is 4.74 Å². The number of likely N-dealkylation sites (tertiary alicyclic amines) is 1. The lowest BCUT2D eigenvalue weighted by atomic mass is 9.84. The molecule has 6 heteroatoms. The van der Waals surface area contributed by atoms with Gasteiger partial charge in [0.15, 0.2) is 5.60 Å². The highest BCUT2D eigenvalue weighted by Crippen LogP contribution is 2.40. The second-order valence-corrected chi connectivity index (χ2v) is 8.12. The molecule has 3 fully saturated rings. The van der Waals surface area contributed by atoms with Gasteiger partial charge >= 0.3 is 6.09 Å². The minimum absolute atomic E-state index is 0.127. The lowest BCUT2D eigenvalue weighted by Gasteiger charge is -2.51. The highest BCUT2D eigenvalue weighted by Gasteiger charge is 2.61. The predicted molar refractivity (Wildman–Crippen MR) is 102 cm³/mol. The second kappa shape index (κ2) is 6.39. The summed E-state index contributed by atoms with van der Waals surface area (Å²) in [7, 11) is 2.07. The van der Waals surface area contributed by atoms with E-state index < -0.39 is 0 Å². The number of hydrogen-bond acceptors (Lipinski definition) is 4. The van der Waals surface area contributed by atoms with E-state index in [-0.39, 0.29) is 17.7 Å². The van der Waals surface area contributed by atoms with Gasteiger partial charge in [-0.25, -0.2) is 4.79 Å². The average Bonchev–Trinajstić information content (AvgIpc) is 3.17. The van der Waals surface area contributed by atoms with Crippen molar-refractivity contribution in [2.24, 2.45) is 7.05 Å². The molecule has 0 aliphatic carbocycles. The van der Waals surface area contributed by atoms with Gasteiger partial charge in [0.05, 0.1) is 6.04 Å². The molecular formula is C21H26N4O2. The van der Waals surface area contributed by atoms with E-state index in [0.29, 0.717) is 0 Å². The molecule has 0 saturated carbocycles. The quantitative estimate of drug-likeness (QED) is 0.829. The SMILES string of the molecule is Cn1cccc1CN1CC2(C1)OC(=O)N1CCN(Cc3ccccc3)CC12.